The van der Waals surface area contributed by atoms with Crippen LogP contribution in [0.15, 0.2) is 18.2 Å². The minimum absolute atomic E-state index is 0.0425. The van der Waals surface area contributed by atoms with Gasteiger partial charge in [0.25, 0.3) is 5.91 Å². The number of methoxy groups -OCH3 is 1. The summed E-state index contributed by atoms with van der Waals surface area (Å²) in [6, 6.07) is 5.81. The Hall–Kier alpha value is -1.59. The van der Waals surface area contributed by atoms with Crippen LogP contribution in [0.4, 0.5) is 5.69 Å². The molecule has 0 aromatic heterocycles. The lowest BCUT2D eigenvalue weighted by atomic mass is 9.89. The summed E-state index contributed by atoms with van der Waals surface area (Å²) < 4.78 is 10.8. The van der Waals surface area contributed by atoms with Crippen molar-refractivity contribution >= 4 is 11.6 Å². The minimum atomic E-state index is -0.499. The zero-order valence-electron chi connectivity index (χ0n) is 13.8. The standard InChI is InChI=1S/C17H26N2O3/c1-5-12(6-2)16(18)13-7-8-15-14(9-13)19(10-21-4)17(20)11(3)22-15/h7-9,11-12,16H,5-6,10,18H2,1-4H3. The van der Waals surface area contributed by atoms with Crippen molar-refractivity contribution in [2.45, 2.75) is 45.8 Å². The van der Waals surface area contributed by atoms with Crippen LogP contribution in [-0.2, 0) is 9.53 Å². The molecule has 0 saturated carbocycles. The molecule has 0 aliphatic carbocycles. The second kappa shape index (κ2) is 7.11. The van der Waals surface area contributed by atoms with Gasteiger partial charge in [0.1, 0.15) is 12.5 Å². The van der Waals surface area contributed by atoms with Gasteiger partial charge in [0.2, 0.25) is 0 Å². The van der Waals surface area contributed by atoms with Crippen LogP contribution in [0, 0.1) is 5.92 Å². The van der Waals surface area contributed by atoms with Crippen molar-refractivity contribution in [1.29, 1.82) is 0 Å². The summed E-state index contributed by atoms with van der Waals surface area (Å²) in [6.07, 6.45) is 1.56. The molecule has 1 amide bonds. The van der Waals surface area contributed by atoms with Crippen molar-refractivity contribution in [3.05, 3.63) is 23.8 Å². The summed E-state index contributed by atoms with van der Waals surface area (Å²) >= 11 is 0. The smallest absolute Gasteiger partial charge is 0.269 e. The predicted octanol–water partition coefficient (Wildman–Crippen LogP) is 2.84. The van der Waals surface area contributed by atoms with E-state index in [1.165, 1.54) is 0 Å². The molecule has 0 saturated heterocycles. The zero-order valence-corrected chi connectivity index (χ0v) is 13.8. The number of hydrogen-bond acceptors (Lipinski definition) is 4. The van der Waals surface area contributed by atoms with Crippen LogP contribution in [0.1, 0.15) is 45.2 Å². The van der Waals surface area contributed by atoms with Crippen LogP contribution in [0.5, 0.6) is 5.75 Å². The van der Waals surface area contributed by atoms with E-state index in [0.717, 1.165) is 24.1 Å². The van der Waals surface area contributed by atoms with Gasteiger partial charge in [-0.1, -0.05) is 32.8 Å². The third-order valence-electron chi connectivity index (χ3n) is 4.39. The Morgan fingerprint density at radius 2 is 2.05 bits per heavy atom. The Kier molecular flexibility index (Phi) is 5.42. The van der Waals surface area contributed by atoms with Crippen LogP contribution >= 0.6 is 0 Å². The van der Waals surface area contributed by atoms with Gasteiger partial charge < -0.3 is 15.2 Å². The highest BCUT2D eigenvalue weighted by Gasteiger charge is 2.32. The molecule has 2 rings (SSSR count). The molecule has 1 aliphatic rings. The van der Waals surface area contributed by atoms with E-state index in [1.54, 1.807) is 18.9 Å². The maximum Gasteiger partial charge on any atom is 0.269 e. The fourth-order valence-electron chi connectivity index (χ4n) is 2.96. The number of ether oxygens (including phenoxy) is 2. The van der Waals surface area contributed by atoms with Gasteiger partial charge >= 0.3 is 0 Å². The molecule has 1 heterocycles. The second-order valence-corrected chi connectivity index (χ2v) is 5.77. The molecule has 5 heteroatoms. The Balaban J connectivity index is 2.38. The van der Waals surface area contributed by atoms with E-state index < -0.39 is 6.10 Å². The first-order valence-electron chi connectivity index (χ1n) is 7.89. The molecule has 1 aromatic carbocycles. The van der Waals surface area contributed by atoms with Gasteiger partial charge in [0.05, 0.1) is 5.69 Å². The van der Waals surface area contributed by atoms with E-state index in [-0.39, 0.29) is 18.7 Å². The summed E-state index contributed by atoms with van der Waals surface area (Å²) in [5, 5.41) is 0. The SMILES string of the molecule is CCC(CC)C(N)c1ccc2c(c1)N(COC)C(=O)C(C)O2. The lowest BCUT2D eigenvalue weighted by molar-refractivity contribution is -0.126. The van der Waals surface area contributed by atoms with E-state index >= 15 is 0 Å². The number of fused-ring (bicyclic) bond motifs is 1. The number of benzene rings is 1. The van der Waals surface area contributed by atoms with Crippen LogP contribution < -0.4 is 15.4 Å². The second-order valence-electron chi connectivity index (χ2n) is 5.77. The van der Waals surface area contributed by atoms with Crippen molar-refractivity contribution in [2.24, 2.45) is 11.7 Å². The number of nitrogens with zero attached hydrogens (tertiary/aromatic N) is 1. The Morgan fingerprint density at radius 3 is 2.64 bits per heavy atom. The van der Waals surface area contributed by atoms with Crippen molar-refractivity contribution in [1.82, 2.24) is 0 Å². The zero-order chi connectivity index (χ0) is 16.3. The lowest BCUT2D eigenvalue weighted by Crippen LogP contribution is -2.45. The van der Waals surface area contributed by atoms with E-state index in [1.807, 2.05) is 18.2 Å². The van der Waals surface area contributed by atoms with E-state index in [0.29, 0.717) is 11.7 Å². The molecule has 0 radical (unpaired) electrons. The maximum absolute atomic E-state index is 12.3. The summed E-state index contributed by atoms with van der Waals surface area (Å²) in [4.78, 5) is 13.9. The molecule has 2 unspecified atom stereocenters. The first-order chi connectivity index (χ1) is 10.5. The molecule has 0 bridgehead atoms. The topological polar surface area (TPSA) is 64.8 Å². The quantitative estimate of drug-likeness (QED) is 0.877. The molecular formula is C17H26N2O3. The molecular weight excluding hydrogens is 280 g/mol. The number of carbonyl (C=O) groups is 1. The summed E-state index contributed by atoms with van der Waals surface area (Å²) in [5.41, 5.74) is 8.17. The van der Waals surface area contributed by atoms with Gasteiger partial charge in [-0.2, -0.15) is 0 Å². The van der Waals surface area contributed by atoms with Crippen molar-refractivity contribution < 1.29 is 14.3 Å². The highest BCUT2D eigenvalue weighted by Crippen LogP contribution is 2.37. The van der Waals surface area contributed by atoms with Gasteiger partial charge in [-0.05, 0) is 30.5 Å². The fraction of sp³-hybridized carbons (Fsp3) is 0.588. The first-order valence-corrected chi connectivity index (χ1v) is 7.89. The predicted molar refractivity (Wildman–Crippen MR) is 86.9 cm³/mol. The highest BCUT2D eigenvalue weighted by atomic mass is 16.5. The number of nitrogens with two attached hydrogens (primary N) is 1. The monoisotopic (exact) mass is 306 g/mol. The molecule has 22 heavy (non-hydrogen) atoms. The molecule has 122 valence electrons. The molecule has 1 aromatic rings. The third-order valence-corrected chi connectivity index (χ3v) is 4.39. The van der Waals surface area contributed by atoms with E-state index in [2.05, 4.69) is 13.8 Å². The Bertz CT molecular complexity index is 529. The van der Waals surface area contributed by atoms with Crippen LogP contribution in [0.2, 0.25) is 0 Å². The summed E-state index contributed by atoms with van der Waals surface area (Å²) in [6.45, 7) is 6.26. The van der Waals surface area contributed by atoms with Crippen LogP contribution in [0.25, 0.3) is 0 Å². The fourth-order valence-corrected chi connectivity index (χ4v) is 2.96. The molecule has 5 nitrogen and oxygen atoms in total. The van der Waals surface area contributed by atoms with Crippen molar-refractivity contribution in [3.8, 4) is 5.75 Å². The lowest BCUT2D eigenvalue weighted by Gasteiger charge is -2.33. The largest absolute Gasteiger partial charge is 0.479 e. The van der Waals surface area contributed by atoms with Crippen molar-refractivity contribution in [3.63, 3.8) is 0 Å². The van der Waals surface area contributed by atoms with Crippen molar-refractivity contribution in [2.75, 3.05) is 18.7 Å². The highest BCUT2D eigenvalue weighted by molar-refractivity contribution is 5.99. The third kappa shape index (κ3) is 3.10. The molecule has 0 fully saturated rings. The normalized spacial score (nSPS) is 19.1. The van der Waals surface area contributed by atoms with E-state index in [9.17, 15) is 4.79 Å². The minimum Gasteiger partial charge on any atom is -0.479 e. The number of hydrogen-bond donors (Lipinski definition) is 1. The average molecular weight is 306 g/mol. The first kappa shape index (κ1) is 16.8. The summed E-state index contributed by atoms with van der Waals surface area (Å²) in [5.74, 6) is 1.03. The molecule has 2 atom stereocenters. The van der Waals surface area contributed by atoms with E-state index in [4.69, 9.17) is 15.2 Å². The van der Waals surface area contributed by atoms with Crippen LogP contribution in [-0.4, -0.2) is 25.9 Å². The van der Waals surface area contributed by atoms with Gasteiger partial charge in [-0.15, -0.1) is 0 Å². The van der Waals surface area contributed by atoms with Gasteiger partial charge in [0.15, 0.2) is 6.10 Å². The average Bonchev–Trinajstić information content (AvgIpc) is 2.52. The molecule has 0 spiro atoms. The number of carbonyl (C=O) groups excluding carboxylic acids is 1. The summed E-state index contributed by atoms with van der Waals surface area (Å²) in [7, 11) is 1.58. The van der Waals surface area contributed by atoms with Gasteiger partial charge in [-0.3, -0.25) is 9.69 Å². The number of rotatable bonds is 6. The maximum atomic E-state index is 12.3. The molecule has 2 N–H and O–H groups in total. The Labute approximate surface area is 132 Å². The van der Waals surface area contributed by atoms with Crippen LogP contribution in [0.3, 0.4) is 0 Å². The number of amides is 1. The number of anilines is 1. The van der Waals surface area contributed by atoms with Gasteiger partial charge in [-0.25, -0.2) is 0 Å². The Morgan fingerprint density at radius 1 is 1.36 bits per heavy atom. The molecule has 1 aliphatic heterocycles. The van der Waals surface area contributed by atoms with Gasteiger partial charge in [0, 0.05) is 13.2 Å².